The first-order chi connectivity index (χ1) is 9.17. The Kier molecular flexibility index (Phi) is 7.48. The Hall–Kier alpha value is -1.10. The van der Waals surface area contributed by atoms with E-state index in [0.717, 1.165) is 32.7 Å². The first-order valence-electron chi connectivity index (χ1n) is 6.87. The normalized spacial score (nSPS) is 12.8. The summed E-state index contributed by atoms with van der Waals surface area (Å²) in [5.74, 6) is 0.318. The van der Waals surface area contributed by atoms with Gasteiger partial charge >= 0.3 is 0 Å². The van der Waals surface area contributed by atoms with Gasteiger partial charge in [-0.15, -0.1) is 0 Å². The lowest BCUT2D eigenvalue weighted by molar-refractivity contribution is 0.161. The first-order valence-corrected chi connectivity index (χ1v) is 6.87. The monoisotopic (exact) mass is 266 g/mol. The van der Waals surface area contributed by atoms with Crippen molar-refractivity contribution in [3.8, 4) is 5.75 Å². The fourth-order valence-electron chi connectivity index (χ4n) is 1.99. The van der Waals surface area contributed by atoms with E-state index in [4.69, 9.17) is 4.74 Å². The third kappa shape index (κ3) is 6.05. The number of aromatic hydroxyl groups is 1. The fraction of sp³-hybridized carbons (Fsp3) is 0.600. The van der Waals surface area contributed by atoms with Crippen molar-refractivity contribution in [3.05, 3.63) is 29.8 Å². The van der Waals surface area contributed by atoms with E-state index in [0.29, 0.717) is 11.8 Å². The van der Waals surface area contributed by atoms with Crippen LogP contribution in [-0.2, 0) is 4.74 Å². The number of rotatable bonds is 9. The maximum absolute atomic E-state index is 9.30. The molecular weight excluding hydrogens is 240 g/mol. The molecule has 1 aromatic carbocycles. The largest absolute Gasteiger partial charge is 0.508 e. The molecule has 4 nitrogen and oxygen atoms in total. The summed E-state index contributed by atoms with van der Waals surface area (Å²) in [5.41, 5.74) is 1.22. The number of hydrogen-bond donors (Lipinski definition) is 2. The average molecular weight is 266 g/mol. The molecule has 0 bridgehead atoms. The summed E-state index contributed by atoms with van der Waals surface area (Å²) in [7, 11) is 3.83. The maximum atomic E-state index is 9.30. The molecule has 0 saturated heterocycles. The number of likely N-dealkylation sites (N-methyl/N-ethyl adjacent to an activating group) is 1. The van der Waals surface area contributed by atoms with Crippen LogP contribution in [0.5, 0.6) is 5.75 Å². The summed E-state index contributed by atoms with van der Waals surface area (Å²) in [6.07, 6.45) is 1.03. The maximum Gasteiger partial charge on any atom is 0.115 e. The SMILES string of the molecule is CCC(NCCN(C)CCOC)c1ccc(O)cc1. The van der Waals surface area contributed by atoms with E-state index in [1.54, 1.807) is 19.2 Å². The summed E-state index contributed by atoms with van der Waals surface area (Å²) >= 11 is 0. The fourth-order valence-corrected chi connectivity index (χ4v) is 1.99. The van der Waals surface area contributed by atoms with Crippen LogP contribution in [0.25, 0.3) is 0 Å². The summed E-state index contributed by atoms with van der Waals surface area (Å²) in [6.45, 7) is 5.83. The zero-order chi connectivity index (χ0) is 14.1. The molecule has 0 aliphatic rings. The molecule has 108 valence electrons. The van der Waals surface area contributed by atoms with E-state index >= 15 is 0 Å². The Balaban J connectivity index is 2.34. The highest BCUT2D eigenvalue weighted by molar-refractivity contribution is 5.27. The minimum Gasteiger partial charge on any atom is -0.508 e. The molecule has 0 aromatic heterocycles. The lowest BCUT2D eigenvalue weighted by atomic mass is 10.0. The Bertz CT molecular complexity index is 341. The molecule has 0 radical (unpaired) electrons. The highest BCUT2D eigenvalue weighted by Crippen LogP contribution is 2.19. The summed E-state index contributed by atoms with van der Waals surface area (Å²) in [4.78, 5) is 2.25. The van der Waals surface area contributed by atoms with Gasteiger partial charge in [0.1, 0.15) is 5.75 Å². The van der Waals surface area contributed by atoms with Crippen molar-refractivity contribution in [2.24, 2.45) is 0 Å². The van der Waals surface area contributed by atoms with Crippen molar-refractivity contribution in [2.75, 3.05) is 40.4 Å². The number of methoxy groups -OCH3 is 1. The molecule has 1 atom stereocenters. The van der Waals surface area contributed by atoms with Gasteiger partial charge in [-0.1, -0.05) is 19.1 Å². The lowest BCUT2D eigenvalue weighted by Crippen LogP contribution is -2.33. The van der Waals surface area contributed by atoms with Gasteiger partial charge in [0.05, 0.1) is 6.61 Å². The Labute approximate surface area is 116 Å². The van der Waals surface area contributed by atoms with E-state index in [2.05, 4.69) is 24.2 Å². The van der Waals surface area contributed by atoms with Gasteiger partial charge in [0.15, 0.2) is 0 Å². The van der Waals surface area contributed by atoms with Crippen LogP contribution in [0.2, 0.25) is 0 Å². The van der Waals surface area contributed by atoms with Crippen molar-refractivity contribution in [3.63, 3.8) is 0 Å². The van der Waals surface area contributed by atoms with Crippen LogP contribution in [0.15, 0.2) is 24.3 Å². The summed E-state index contributed by atoms with van der Waals surface area (Å²) in [6, 6.07) is 7.78. The van der Waals surface area contributed by atoms with Crippen LogP contribution in [0.1, 0.15) is 24.9 Å². The number of hydrogen-bond acceptors (Lipinski definition) is 4. The molecule has 0 saturated carbocycles. The number of benzene rings is 1. The number of phenols is 1. The van der Waals surface area contributed by atoms with Gasteiger partial charge < -0.3 is 20.1 Å². The standard InChI is InChI=1S/C15H26N2O2/c1-4-15(13-5-7-14(18)8-6-13)16-9-10-17(2)11-12-19-3/h5-8,15-16,18H,4,9-12H2,1-3H3. The van der Waals surface area contributed by atoms with Gasteiger partial charge in [0.25, 0.3) is 0 Å². The minimum absolute atomic E-state index is 0.318. The molecule has 4 heteroatoms. The molecule has 0 aliphatic heterocycles. The van der Waals surface area contributed by atoms with Gasteiger partial charge in [0.2, 0.25) is 0 Å². The minimum atomic E-state index is 0.318. The van der Waals surface area contributed by atoms with Crippen molar-refractivity contribution < 1.29 is 9.84 Å². The van der Waals surface area contributed by atoms with Gasteiger partial charge in [0, 0.05) is 32.8 Å². The number of phenolic OH excluding ortho intramolecular Hbond substituents is 1. The average Bonchev–Trinajstić information content (AvgIpc) is 2.42. The molecule has 0 fully saturated rings. The lowest BCUT2D eigenvalue weighted by Gasteiger charge is -2.21. The van der Waals surface area contributed by atoms with Crippen LogP contribution in [0, 0.1) is 0 Å². The topological polar surface area (TPSA) is 44.7 Å². The van der Waals surface area contributed by atoms with Gasteiger partial charge in [-0.2, -0.15) is 0 Å². The zero-order valence-electron chi connectivity index (χ0n) is 12.2. The van der Waals surface area contributed by atoms with Crippen LogP contribution in [0.4, 0.5) is 0 Å². The van der Waals surface area contributed by atoms with Crippen molar-refractivity contribution >= 4 is 0 Å². The molecule has 0 amide bonds. The van der Waals surface area contributed by atoms with Crippen LogP contribution >= 0.6 is 0 Å². The highest BCUT2D eigenvalue weighted by Gasteiger charge is 2.08. The van der Waals surface area contributed by atoms with E-state index in [-0.39, 0.29) is 0 Å². The number of nitrogens with one attached hydrogen (secondary N) is 1. The summed E-state index contributed by atoms with van der Waals surface area (Å²) < 4.78 is 5.06. The number of nitrogens with zero attached hydrogens (tertiary/aromatic N) is 1. The van der Waals surface area contributed by atoms with E-state index < -0.39 is 0 Å². The smallest absolute Gasteiger partial charge is 0.115 e. The molecular formula is C15H26N2O2. The third-order valence-corrected chi connectivity index (χ3v) is 3.27. The third-order valence-electron chi connectivity index (χ3n) is 3.27. The molecule has 0 heterocycles. The van der Waals surface area contributed by atoms with Gasteiger partial charge in [-0.25, -0.2) is 0 Å². The van der Waals surface area contributed by atoms with Crippen LogP contribution in [0.3, 0.4) is 0 Å². The van der Waals surface area contributed by atoms with Crippen molar-refractivity contribution in [1.29, 1.82) is 0 Å². The second-order valence-corrected chi connectivity index (χ2v) is 4.80. The highest BCUT2D eigenvalue weighted by atomic mass is 16.5. The molecule has 1 aromatic rings. The molecule has 2 N–H and O–H groups in total. The molecule has 1 rings (SSSR count). The van der Waals surface area contributed by atoms with Crippen molar-refractivity contribution in [1.82, 2.24) is 10.2 Å². The predicted octanol–water partition coefficient (Wildman–Crippen LogP) is 2.01. The van der Waals surface area contributed by atoms with E-state index in [1.807, 2.05) is 12.1 Å². The summed E-state index contributed by atoms with van der Waals surface area (Å²) in [5, 5.41) is 12.9. The predicted molar refractivity (Wildman–Crippen MR) is 78.5 cm³/mol. The molecule has 0 aliphatic carbocycles. The second-order valence-electron chi connectivity index (χ2n) is 4.80. The Morgan fingerprint density at radius 3 is 2.53 bits per heavy atom. The second kappa shape index (κ2) is 8.91. The Morgan fingerprint density at radius 1 is 1.26 bits per heavy atom. The van der Waals surface area contributed by atoms with Gasteiger partial charge in [-0.05, 0) is 31.2 Å². The molecule has 1 unspecified atom stereocenters. The zero-order valence-corrected chi connectivity index (χ0v) is 12.2. The number of ether oxygens (including phenoxy) is 1. The molecule has 19 heavy (non-hydrogen) atoms. The van der Waals surface area contributed by atoms with Crippen LogP contribution < -0.4 is 5.32 Å². The van der Waals surface area contributed by atoms with E-state index in [1.165, 1.54) is 5.56 Å². The quantitative estimate of drug-likeness (QED) is 0.717. The Morgan fingerprint density at radius 2 is 1.95 bits per heavy atom. The van der Waals surface area contributed by atoms with Crippen LogP contribution in [-0.4, -0.2) is 50.4 Å². The van der Waals surface area contributed by atoms with Gasteiger partial charge in [-0.3, -0.25) is 0 Å². The van der Waals surface area contributed by atoms with E-state index in [9.17, 15) is 5.11 Å². The first kappa shape index (κ1) is 16.0. The van der Waals surface area contributed by atoms with Crippen molar-refractivity contribution in [2.45, 2.75) is 19.4 Å². The molecule has 0 spiro atoms.